The standard InChI is InChI=1S/C24H29ClN2O5S.C6H6.C3H4/c1-19(18-28)16-22(25)12-15-33(30,31)27(2)17-20-8-10-21(11-9-20)24(29)26-13-14-32-23-6-4-3-5-7-23;1-2-4-6-5-3-1;1-3-2/h3-12,16,28H,13-15,17-18H2,1-2H3,(H,26,29);1-6H;1H,2H3/b19-16-,22-12+;;. The van der Waals surface area contributed by atoms with Crippen LogP contribution in [0.4, 0.5) is 0 Å². The summed E-state index contributed by atoms with van der Waals surface area (Å²) in [5.74, 6) is 2.50. The molecule has 3 aromatic rings. The van der Waals surface area contributed by atoms with E-state index in [1.807, 2.05) is 66.7 Å². The molecule has 0 unspecified atom stereocenters. The fraction of sp³-hybridized carbons (Fsp3) is 0.242. The maximum atomic E-state index is 12.5. The molecule has 42 heavy (non-hydrogen) atoms. The van der Waals surface area contributed by atoms with Crippen LogP contribution in [0.25, 0.3) is 0 Å². The highest BCUT2D eigenvalue weighted by Crippen LogP contribution is 2.13. The van der Waals surface area contributed by atoms with Gasteiger partial charge in [0.1, 0.15) is 12.4 Å². The van der Waals surface area contributed by atoms with Crippen molar-refractivity contribution in [3.8, 4) is 18.1 Å². The summed E-state index contributed by atoms with van der Waals surface area (Å²) in [7, 11) is -2.09. The Hall–Kier alpha value is -3.87. The molecule has 3 aromatic carbocycles. The molecule has 3 rings (SSSR count). The summed E-state index contributed by atoms with van der Waals surface area (Å²) in [4.78, 5) is 12.3. The molecule has 0 spiro atoms. The predicted molar refractivity (Wildman–Crippen MR) is 172 cm³/mol. The number of nitrogens with one attached hydrogen (secondary N) is 1. The first-order valence-electron chi connectivity index (χ1n) is 13.1. The van der Waals surface area contributed by atoms with E-state index in [2.05, 4.69) is 17.7 Å². The molecule has 1 amide bonds. The first kappa shape index (κ1) is 36.2. The van der Waals surface area contributed by atoms with Gasteiger partial charge in [0.2, 0.25) is 10.0 Å². The number of amides is 1. The number of aliphatic hydroxyl groups is 1. The molecule has 0 atom stereocenters. The Balaban J connectivity index is 0.000000839. The van der Waals surface area contributed by atoms with Gasteiger partial charge < -0.3 is 15.2 Å². The minimum absolute atomic E-state index is 0.147. The summed E-state index contributed by atoms with van der Waals surface area (Å²) < 4.78 is 31.8. The van der Waals surface area contributed by atoms with Gasteiger partial charge in [-0.15, -0.1) is 12.3 Å². The first-order valence-corrected chi connectivity index (χ1v) is 15.1. The lowest BCUT2D eigenvalue weighted by atomic mass is 10.1. The lowest BCUT2D eigenvalue weighted by Gasteiger charge is -2.16. The number of hydrogen-bond donors (Lipinski definition) is 2. The minimum atomic E-state index is -3.57. The average molecular weight is 611 g/mol. The number of ether oxygens (including phenoxy) is 1. The summed E-state index contributed by atoms with van der Waals surface area (Å²) >= 11 is 5.99. The number of rotatable bonds is 12. The molecule has 9 heteroatoms. The number of aliphatic hydroxyl groups excluding tert-OH is 1. The van der Waals surface area contributed by atoms with Gasteiger partial charge in [0, 0.05) is 24.2 Å². The summed E-state index contributed by atoms with van der Waals surface area (Å²) in [5, 5.41) is 12.0. The third kappa shape index (κ3) is 15.8. The Morgan fingerprint density at radius 2 is 1.55 bits per heavy atom. The topological polar surface area (TPSA) is 95.9 Å². The van der Waals surface area contributed by atoms with E-state index in [-0.39, 0.29) is 29.8 Å². The van der Waals surface area contributed by atoms with E-state index >= 15 is 0 Å². The van der Waals surface area contributed by atoms with Crippen molar-refractivity contribution in [2.45, 2.75) is 20.4 Å². The molecule has 0 heterocycles. The van der Waals surface area contributed by atoms with E-state index in [0.717, 1.165) is 11.3 Å². The molecule has 7 nitrogen and oxygen atoms in total. The maximum absolute atomic E-state index is 12.5. The van der Waals surface area contributed by atoms with Gasteiger partial charge >= 0.3 is 0 Å². The van der Waals surface area contributed by atoms with Gasteiger partial charge in [0.05, 0.1) is 18.9 Å². The van der Waals surface area contributed by atoms with Crippen molar-refractivity contribution in [3.05, 3.63) is 125 Å². The summed E-state index contributed by atoms with van der Waals surface area (Å²) in [5.41, 5.74) is 1.86. The van der Waals surface area contributed by atoms with Crippen LogP contribution in [-0.2, 0) is 16.6 Å². The van der Waals surface area contributed by atoms with E-state index in [1.54, 1.807) is 38.1 Å². The van der Waals surface area contributed by atoms with Crippen LogP contribution in [0.3, 0.4) is 0 Å². The normalized spacial score (nSPS) is 11.3. The zero-order valence-electron chi connectivity index (χ0n) is 24.2. The highest BCUT2D eigenvalue weighted by molar-refractivity contribution is 7.89. The second-order valence-electron chi connectivity index (χ2n) is 8.83. The fourth-order valence-electron chi connectivity index (χ4n) is 3.11. The molecule has 2 N–H and O–H groups in total. The maximum Gasteiger partial charge on any atom is 0.251 e. The Kier molecular flexibility index (Phi) is 18.0. The van der Waals surface area contributed by atoms with Gasteiger partial charge in [-0.05, 0) is 61.4 Å². The molecule has 0 bridgehead atoms. The van der Waals surface area contributed by atoms with E-state index in [4.69, 9.17) is 21.4 Å². The molecule has 0 aliphatic heterocycles. The number of para-hydroxylation sites is 1. The Morgan fingerprint density at radius 3 is 2.07 bits per heavy atom. The molecule has 0 aliphatic rings. The zero-order chi connectivity index (χ0) is 31.2. The molecule has 224 valence electrons. The second-order valence-corrected chi connectivity index (χ2v) is 11.4. The molecular formula is C33H39ClN2O5S. The molecule has 0 saturated carbocycles. The Morgan fingerprint density at radius 1 is 1.02 bits per heavy atom. The molecule has 0 fully saturated rings. The predicted octanol–water partition coefficient (Wildman–Crippen LogP) is 5.64. The number of sulfonamides is 1. The van der Waals surface area contributed by atoms with Crippen molar-refractivity contribution in [1.82, 2.24) is 9.62 Å². The monoisotopic (exact) mass is 610 g/mol. The van der Waals surface area contributed by atoms with Gasteiger partial charge in [-0.25, -0.2) is 12.7 Å². The van der Waals surface area contributed by atoms with Crippen LogP contribution in [-0.4, -0.2) is 56.3 Å². The van der Waals surface area contributed by atoms with Crippen molar-refractivity contribution >= 4 is 27.5 Å². The lowest BCUT2D eigenvalue weighted by Crippen LogP contribution is -2.29. The first-order chi connectivity index (χ1) is 20.1. The van der Waals surface area contributed by atoms with Crippen LogP contribution in [0.1, 0.15) is 29.8 Å². The number of benzene rings is 3. The van der Waals surface area contributed by atoms with E-state index in [0.29, 0.717) is 24.3 Å². The molecular weight excluding hydrogens is 572 g/mol. The van der Waals surface area contributed by atoms with Crippen LogP contribution < -0.4 is 10.1 Å². The highest BCUT2D eigenvalue weighted by atomic mass is 35.5. The SMILES string of the molecule is C#CC.C/C(=C/C(Cl)=C\CS(=O)(=O)N(C)Cc1ccc(C(=O)NCCOc2ccccc2)cc1)CO.c1ccccc1. The number of terminal acetylenes is 1. The van der Waals surface area contributed by atoms with Gasteiger partial charge in [-0.1, -0.05) is 78.3 Å². The zero-order valence-corrected chi connectivity index (χ0v) is 25.8. The summed E-state index contributed by atoms with van der Waals surface area (Å²) in [6.45, 7) is 4.07. The quantitative estimate of drug-likeness (QED) is 0.157. The van der Waals surface area contributed by atoms with Crippen LogP contribution in [0, 0.1) is 12.3 Å². The van der Waals surface area contributed by atoms with Crippen molar-refractivity contribution < 1.29 is 23.1 Å². The summed E-state index contributed by atoms with van der Waals surface area (Å²) in [6.07, 6.45) is 7.51. The van der Waals surface area contributed by atoms with Gasteiger partial charge in [-0.2, -0.15) is 0 Å². The van der Waals surface area contributed by atoms with Crippen LogP contribution in [0.2, 0.25) is 0 Å². The third-order valence-corrected chi connectivity index (χ3v) is 7.22. The van der Waals surface area contributed by atoms with Crippen molar-refractivity contribution in [2.24, 2.45) is 0 Å². The van der Waals surface area contributed by atoms with Crippen molar-refractivity contribution in [3.63, 3.8) is 0 Å². The van der Waals surface area contributed by atoms with E-state index < -0.39 is 10.0 Å². The van der Waals surface area contributed by atoms with Crippen LogP contribution in [0.15, 0.2) is 114 Å². The summed E-state index contributed by atoms with van der Waals surface area (Å²) in [6, 6.07) is 28.1. The Labute approximate surface area is 255 Å². The van der Waals surface area contributed by atoms with Gasteiger partial charge in [0.15, 0.2) is 0 Å². The smallest absolute Gasteiger partial charge is 0.251 e. The number of nitrogens with zero attached hydrogens (tertiary/aromatic N) is 1. The number of hydrogen-bond acceptors (Lipinski definition) is 5. The van der Waals surface area contributed by atoms with Crippen LogP contribution in [0.5, 0.6) is 5.75 Å². The van der Waals surface area contributed by atoms with E-state index in [1.165, 1.54) is 23.5 Å². The third-order valence-electron chi connectivity index (χ3n) is 5.29. The molecule has 0 aromatic heterocycles. The van der Waals surface area contributed by atoms with Crippen molar-refractivity contribution in [2.75, 3.05) is 32.6 Å². The minimum Gasteiger partial charge on any atom is -0.492 e. The Bertz CT molecular complexity index is 1360. The highest BCUT2D eigenvalue weighted by Gasteiger charge is 2.17. The molecule has 0 saturated heterocycles. The van der Waals surface area contributed by atoms with E-state index in [9.17, 15) is 13.2 Å². The fourth-order valence-corrected chi connectivity index (χ4v) is 4.45. The van der Waals surface area contributed by atoms with Crippen LogP contribution >= 0.6 is 11.6 Å². The van der Waals surface area contributed by atoms with Gasteiger partial charge in [0.25, 0.3) is 5.91 Å². The average Bonchev–Trinajstić information content (AvgIpc) is 3.00. The number of halogens is 1. The van der Waals surface area contributed by atoms with Crippen molar-refractivity contribution in [1.29, 1.82) is 0 Å². The number of allylic oxidation sites excluding steroid dienone is 2. The number of carbonyl (C=O) groups excluding carboxylic acids is 1. The largest absolute Gasteiger partial charge is 0.492 e. The number of carbonyl (C=O) groups is 1. The molecule has 0 radical (unpaired) electrons. The molecule has 0 aliphatic carbocycles. The van der Waals surface area contributed by atoms with Gasteiger partial charge in [-0.3, -0.25) is 4.79 Å². The lowest BCUT2D eigenvalue weighted by molar-refractivity contribution is 0.0947. The second kappa shape index (κ2) is 20.9.